The second kappa shape index (κ2) is 15.6. The van der Waals surface area contributed by atoms with Crippen LogP contribution in [-0.4, -0.2) is 29.7 Å². The van der Waals surface area contributed by atoms with Gasteiger partial charge < -0.3 is 14.2 Å². The highest BCUT2D eigenvalue weighted by Crippen LogP contribution is 2.35. The number of halogens is 2. The number of ether oxygens (including phenoxy) is 3. The van der Waals surface area contributed by atoms with Crippen LogP contribution in [0.15, 0.2) is 112 Å². The van der Waals surface area contributed by atoms with Crippen molar-refractivity contribution in [3.05, 3.63) is 157 Å². The predicted molar refractivity (Wildman–Crippen MR) is 206 cm³/mol. The standard InChI is InChI=1S/C38H30I2N2O6S/c1-3-46-36(44)27-17-15-23(16-18-27)22-48-34-28(39)19-24(20-29(34)40)21-30-35(43)42-33(26-13-9-6-10-14-26)31(37(45)47-4-2)32(41-38(42)49-30)25-11-7-5-8-12-25/h5-21,33H,3-4,22H2,1-2H3/b30-21-/t33-/m0/s1. The van der Waals surface area contributed by atoms with Crippen LogP contribution in [0.3, 0.4) is 0 Å². The number of nitrogens with zero attached hydrogens (tertiary/aromatic N) is 2. The molecular weight excluding hydrogens is 866 g/mol. The fraction of sp³-hybridized carbons (Fsp3) is 0.158. The van der Waals surface area contributed by atoms with E-state index in [1.165, 1.54) is 11.3 Å². The van der Waals surface area contributed by atoms with Crippen LogP contribution in [-0.2, 0) is 20.9 Å². The van der Waals surface area contributed by atoms with Crippen LogP contribution in [0, 0.1) is 7.14 Å². The van der Waals surface area contributed by atoms with Crippen molar-refractivity contribution in [1.29, 1.82) is 0 Å². The van der Waals surface area contributed by atoms with Crippen LogP contribution in [0.1, 0.15) is 52.5 Å². The first kappa shape index (κ1) is 34.8. The minimum absolute atomic E-state index is 0.190. The molecule has 0 bridgehead atoms. The van der Waals surface area contributed by atoms with Gasteiger partial charge in [-0.05, 0) is 106 Å². The molecule has 1 atom stereocenters. The number of thiazole rings is 1. The Morgan fingerprint density at radius 2 is 1.47 bits per heavy atom. The minimum Gasteiger partial charge on any atom is -0.487 e. The van der Waals surface area contributed by atoms with Crippen molar-refractivity contribution in [2.24, 2.45) is 4.99 Å². The van der Waals surface area contributed by atoms with Crippen LogP contribution < -0.4 is 19.6 Å². The molecule has 0 amide bonds. The van der Waals surface area contributed by atoms with Gasteiger partial charge in [-0.15, -0.1) is 0 Å². The smallest absolute Gasteiger partial charge is 0.338 e. The topological polar surface area (TPSA) is 96.2 Å². The Morgan fingerprint density at radius 3 is 2.10 bits per heavy atom. The third-order valence-electron chi connectivity index (χ3n) is 7.66. The number of benzene rings is 4. The van der Waals surface area contributed by atoms with Crippen molar-refractivity contribution in [2.45, 2.75) is 26.5 Å². The maximum atomic E-state index is 14.2. The first-order valence-corrected chi connectivity index (χ1v) is 18.5. The molecule has 6 rings (SSSR count). The molecule has 0 aliphatic carbocycles. The lowest BCUT2D eigenvalue weighted by Crippen LogP contribution is -2.40. The summed E-state index contributed by atoms with van der Waals surface area (Å²) in [6.07, 6.45) is 1.85. The third kappa shape index (κ3) is 7.58. The summed E-state index contributed by atoms with van der Waals surface area (Å²) in [7, 11) is 0. The van der Waals surface area contributed by atoms with Gasteiger partial charge in [0.05, 0.1) is 47.8 Å². The molecule has 4 aromatic carbocycles. The molecule has 0 unspecified atom stereocenters. The van der Waals surface area contributed by atoms with Gasteiger partial charge in [-0.25, -0.2) is 14.6 Å². The minimum atomic E-state index is -0.726. The molecule has 0 spiro atoms. The number of hydrogen-bond donors (Lipinski definition) is 0. The highest BCUT2D eigenvalue weighted by Gasteiger charge is 2.35. The van der Waals surface area contributed by atoms with Crippen LogP contribution in [0.4, 0.5) is 0 Å². The Balaban J connectivity index is 1.38. The SMILES string of the molecule is CCOC(=O)C1=C(c2ccccc2)N=c2s/c(=C\c3cc(I)c(OCc4ccc(C(=O)OCC)cc4)c(I)c3)c(=O)n2[C@H]1c1ccccc1. The van der Waals surface area contributed by atoms with E-state index in [1.807, 2.05) is 91.0 Å². The lowest BCUT2D eigenvalue weighted by atomic mass is 9.93. The Kier molecular flexibility index (Phi) is 11.1. The van der Waals surface area contributed by atoms with Gasteiger partial charge >= 0.3 is 11.9 Å². The van der Waals surface area contributed by atoms with Crippen LogP contribution >= 0.6 is 56.5 Å². The Hall–Kier alpha value is -4.08. The number of aromatic nitrogens is 1. The van der Waals surface area contributed by atoms with Gasteiger partial charge in [0.15, 0.2) is 4.80 Å². The highest BCUT2D eigenvalue weighted by molar-refractivity contribution is 14.1. The number of carbonyl (C=O) groups is 2. The largest absolute Gasteiger partial charge is 0.487 e. The zero-order valence-electron chi connectivity index (χ0n) is 26.5. The van der Waals surface area contributed by atoms with Gasteiger partial charge in [-0.2, -0.15) is 0 Å². The molecule has 1 aliphatic rings. The van der Waals surface area contributed by atoms with Gasteiger partial charge in [0, 0.05) is 5.56 Å². The summed E-state index contributed by atoms with van der Waals surface area (Å²) < 4.78 is 20.6. The second-order valence-corrected chi connectivity index (χ2v) is 14.2. The maximum absolute atomic E-state index is 14.2. The molecule has 0 saturated carbocycles. The molecule has 1 aliphatic heterocycles. The molecule has 5 aromatic rings. The van der Waals surface area contributed by atoms with E-state index in [2.05, 4.69) is 45.2 Å². The molecule has 0 saturated heterocycles. The van der Waals surface area contributed by atoms with Crippen LogP contribution in [0.5, 0.6) is 5.75 Å². The average molecular weight is 897 g/mol. The van der Waals surface area contributed by atoms with Gasteiger partial charge in [-0.3, -0.25) is 9.36 Å². The molecule has 1 aromatic heterocycles. The molecule has 0 N–H and O–H groups in total. The van der Waals surface area contributed by atoms with E-state index in [1.54, 1.807) is 30.5 Å². The molecule has 8 nitrogen and oxygen atoms in total. The fourth-order valence-corrected chi connectivity index (χ4v) is 8.58. The first-order chi connectivity index (χ1) is 23.8. The normalized spacial score (nSPS) is 14.2. The first-order valence-electron chi connectivity index (χ1n) is 15.5. The van der Waals surface area contributed by atoms with Gasteiger partial charge in [0.2, 0.25) is 0 Å². The van der Waals surface area contributed by atoms with E-state index < -0.39 is 12.0 Å². The van der Waals surface area contributed by atoms with Crippen molar-refractivity contribution < 1.29 is 23.8 Å². The second-order valence-electron chi connectivity index (χ2n) is 10.9. The van der Waals surface area contributed by atoms with E-state index in [0.717, 1.165) is 35.1 Å². The molecular formula is C38H30I2N2O6S. The fourth-order valence-electron chi connectivity index (χ4n) is 5.45. The van der Waals surface area contributed by atoms with Crippen molar-refractivity contribution in [2.75, 3.05) is 13.2 Å². The van der Waals surface area contributed by atoms with Crippen molar-refractivity contribution in [3.63, 3.8) is 0 Å². The van der Waals surface area contributed by atoms with E-state index >= 15 is 0 Å². The number of rotatable bonds is 10. The van der Waals surface area contributed by atoms with Crippen LogP contribution in [0.25, 0.3) is 11.8 Å². The Bertz CT molecular complexity index is 2210. The summed E-state index contributed by atoms with van der Waals surface area (Å²) in [5.74, 6) is -0.137. The highest BCUT2D eigenvalue weighted by atomic mass is 127. The summed E-state index contributed by atoms with van der Waals surface area (Å²) in [5, 5.41) is 0. The molecule has 0 fully saturated rings. The van der Waals surface area contributed by atoms with E-state index in [9.17, 15) is 14.4 Å². The zero-order valence-corrected chi connectivity index (χ0v) is 31.7. The van der Waals surface area contributed by atoms with E-state index in [0.29, 0.717) is 39.4 Å². The summed E-state index contributed by atoms with van der Waals surface area (Å²) >= 11 is 5.75. The van der Waals surface area contributed by atoms with Gasteiger partial charge in [0.1, 0.15) is 12.4 Å². The monoisotopic (exact) mass is 896 g/mol. The molecule has 2 heterocycles. The third-order valence-corrected chi connectivity index (χ3v) is 10.2. The lowest BCUT2D eigenvalue weighted by molar-refractivity contribution is -0.138. The number of hydrogen-bond acceptors (Lipinski definition) is 8. The average Bonchev–Trinajstić information content (AvgIpc) is 3.42. The molecule has 248 valence electrons. The van der Waals surface area contributed by atoms with Crippen molar-refractivity contribution in [1.82, 2.24) is 4.57 Å². The quantitative estimate of drug-likeness (QED) is 0.112. The molecule has 49 heavy (non-hydrogen) atoms. The summed E-state index contributed by atoms with van der Waals surface area (Å²) in [5.41, 5.74) is 4.34. The molecule has 11 heteroatoms. The number of esters is 2. The summed E-state index contributed by atoms with van der Waals surface area (Å²) in [4.78, 5) is 45.2. The van der Waals surface area contributed by atoms with Crippen LogP contribution in [0.2, 0.25) is 0 Å². The van der Waals surface area contributed by atoms with Gasteiger partial charge in [0.25, 0.3) is 5.56 Å². The zero-order chi connectivity index (χ0) is 34.5. The summed E-state index contributed by atoms with van der Waals surface area (Å²) in [6, 6.07) is 29.4. The van der Waals surface area contributed by atoms with E-state index in [4.69, 9.17) is 19.2 Å². The lowest BCUT2D eigenvalue weighted by Gasteiger charge is -2.25. The maximum Gasteiger partial charge on any atom is 0.338 e. The van der Waals surface area contributed by atoms with Crippen molar-refractivity contribution >= 4 is 80.2 Å². The molecule has 0 radical (unpaired) electrons. The Morgan fingerprint density at radius 1 is 0.857 bits per heavy atom. The Labute approximate surface area is 314 Å². The van der Waals surface area contributed by atoms with Gasteiger partial charge in [-0.1, -0.05) is 84.1 Å². The number of fused-ring (bicyclic) bond motifs is 1. The number of carbonyl (C=O) groups excluding carboxylic acids is 2. The van der Waals surface area contributed by atoms with E-state index in [-0.39, 0.29) is 18.1 Å². The van der Waals surface area contributed by atoms with Crippen molar-refractivity contribution in [3.8, 4) is 5.75 Å². The summed E-state index contributed by atoms with van der Waals surface area (Å²) in [6.45, 7) is 4.37. The predicted octanol–water partition coefficient (Wildman–Crippen LogP) is 6.90.